The molecule has 1 heterocycles. The third-order valence-corrected chi connectivity index (χ3v) is 5.11. The predicted octanol–water partition coefficient (Wildman–Crippen LogP) is 1.23. The molecule has 0 spiro atoms. The van der Waals surface area contributed by atoms with Gasteiger partial charge in [-0.15, -0.1) is 0 Å². The van der Waals surface area contributed by atoms with Crippen molar-refractivity contribution in [3.8, 4) is 5.75 Å². The monoisotopic (exact) mass is 343 g/mol. The highest BCUT2D eigenvalue weighted by atomic mass is 19.1. The second kappa shape index (κ2) is 5.91. The number of nitrogen functional groups attached to an aromatic ring is 1. The molecule has 3 saturated carbocycles. The number of halogens is 1. The van der Waals surface area contributed by atoms with Crippen molar-refractivity contribution in [1.29, 1.82) is 0 Å². The van der Waals surface area contributed by atoms with E-state index in [2.05, 4.69) is 5.32 Å². The molecule has 6 nitrogen and oxygen atoms in total. The van der Waals surface area contributed by atoms with Crippen LogP contribution in [-0.2, 0) is 6.61 Å². The van der Waals surface area contributed by atoms with Gasteiger partial charge in [0.2, 0.25) is 5.43 Å². The van der Waals surface area contributed by atoms with E-state index in [4.69, 9.17) is 10.6 Å². The lowest BCUT2D eigenvalue weighted by Gasteiger charge is -2.60. The molecule has 25 heavy (non-hydrogen) atoms. The number of nitrogens with one attached hydrogen (secondary N) is 1. The minimum Gasteiger partial charge on any atom is -0.482 e. The molecule has 5 rings (SSSR count). The number of ether oxygens (including phenoxy) is 1. The Morgan fingerprint density at radius 2 is 2.00 bits per heavy atom. The number of hydrogen-bond donors (Lipinski definition) is 2. The largest absolute Gasteiger partial charge is 0.482 e. The van der Waals surface area contributed by atoms with Gasteiger partial charge >= 0.3 is 0 Å². The van der Waals surface area contributed by atoms with Crippen LogP contribution in [0.3, 0.4) is 0 Å². The van der Waals surface area contributed by atoms with Gasteiger partial charge in [0.15, 0.2) is 11.4 Å². The van der Waals surface area contributed by atoms with Gasteiger partial charge in [-0.25, -0.2) is 4.39 Å². The lowest BCUT2D eigenvalue weighted by Crippen LogP contribution is -2.71. The number of amides is 1. The van der Waals surface area contributed by atoms with Crippen molar-refractivity contribution in [2.45, 2.75) is 25.2 Å². The predicted molar refractivity (Wildman–Crippen MR) is 89.4 cm³/mol. The molecule has 1 amide bonds. The van der Waals surface area contributed by atoms with Gasteiger partial charge in [0.05, 0.1) is 0 Å². The van der Waals surface area contributed by atoms with Gasteiger partial charge in [-0.1, -0.05) is 30.3 Å². The Kier molecular flexibility index (Phi) is 3.71. The van der Waals surface area contributed by atoms with E-state index in [1.807, 2.05) is 30.3 Å². The van der Waals surface area contributed by atoms with Crippen LogP contribution < -0.4 is 21.3 Å². The first-order valence-corrected chi connectivity index (χ1v) is 8.18. The molecule has 7 heteroatoms. The van der Waals surface area contributed by atoms with Crippen LogP contribution in [0.1, 0.15) is 22.5 Å². The van der Waals surface area contributed by atoms with Crippen molar-refractivity contribution >= 4 is 5.91 Å². The molecule has 0 saturated heterocycles. The highest BCUT2D eigenvalue weighted by Gasteiger charge is 2.62. The van der Waals surface area contributed by atoms with Crippen LogP contribution in [0, 0.1) is 11.8 Å². The Balaban J connectivity index is 1.55. The van der Waals surface area contributed by atoms with E-state index in [-0.39, 0.29) is 35.9 Å². The summed E-state index contributed by atoms with van der Waals surface area (Å²) < 4.78 is 20.0. The summed E-state index contributed by atoms with van der Waals surface area (Å²) in [6.45, 7) is 0.140. The minimum absolute atomic E-state index is 0.0508. The van der Waals surface area contributed by atoms with Gasteiger partial charge in [0.1, 0.15) is 12.8 Å². The maximum atomic E-state index is 13.3. The van der Waals surface area contributed by atoms with E-state index < -0.39 is 17.5 Å². The zero-order valence-electron chi connectivity index (χ0n) is 13.4. The van der Waals surface area contributed by atoms with Crippen LogP contribution in [0.4, 0.5) is 4.39 Å². The molecule has 3 fully saturated rings. The van der Waals surface area contributed by atoms with E-state index in [1.165, 1.54) is 12.3 Å². The first kappa shape index (κ1) is 15.7. The third kappa shape index (κ3) is 2.56. The number of benzene rings is 1. The summed E-state index contributed by atoms with van der Waals surface area (Å²) in [7, 11) is 0. The molecule has 0 radical (unpaired) electrons. The second-order valence-electron chi connectivity index (χ2n) is 6.55. The molecule has 2 atom stereocenters. The number of alkyl halides is 1. The first-order valence-electron chi connectivity index (χ1n) is 8.18. The average Bonchev–Trinajstić information content (AvgIpc) is 2.59. The Labute approximate surface area is 143 Å². The molecular formula is C18H18FN3O3. The molecule has 2 unspecified atom stereocenters. The Bertz CT molecular complexity index is 858. The average molecular weight is 343 g/mol. The fraction of sp³-hybridized carbons (Fsp3) is 0.333. The van der Waals surface area contributed by atoms with Crippen LogP contribution in [0.5, 0.6) is 5.75 Å². The summed E-state index contributed by atoms with van der Waals surface area (Å²) in [5.74, 6) is 4.97. The first-order chi connectivity index (χ1) is 12.1. The fourth-order valence-electron chi connectivity index (χ4n) is 3.42. The second-order valence-corrected chi connectivity index (χ2v) is 6.55. The lowest BCUT2D eigenvalue weighted by molar-refractivity contribution is -0.135. The molecule has 2 aromatic rings. The quantitative estimate of drug-likeness (QED) is 0.800. The standard InChI is InChI=1S/C18H18FN3O3/c19-14-11-8-12(14)15(11)21-18(24)16-17(13(23)6-7-22(16)20)25-9-10-4-2-1-3-5-10/h1-7,11-12,14-15H,8-9,20H2,(H,21,24). The number of carbonyl (C=O) groups is 1. The normalized spacial score (nSPS) is 26.3. The molecule has 1 aromatic carbocycles. The van der Waals surface area contributed by atoms with E-state index in [9.17, 15) is 14.0 Å². The van der Waals surface area contributed by atoms with Gasteiger partial charge in [-0.2, -0.15) is 0 Å². The van der Waals surface area contributed by atoms with Crippen molar-refractivity contribution in [1.82, 2.24) is 9.99 Å². The number of rotatable bonds is 5. The minimum atomic E-state index is -0.824. The highest BCUT2D eigenvalue weighted by Crippen LogP contribution is 2.55. The zero-order chi connectivity index (χ0) is 17.6. The van der Waals surface area contributed by atoms with Gasteiger partial charge in [-0.3, -0.25) is 14.3 Å². The Morgan fingerprint density at radius 1 is 1.28 bits per heavy atom. The molecular weight excluding hydrogens is 325 g/mol. The van der Waals surface area contributed by atoms with Crippen LogP contribution in [0.25, 0.3) is 0 Å². The highest BCUT2D eigenvalue weighted by molar-refractivity contribution is 5.95. The summed E-state index contributed by atoms with van der Waals surface area (Å²) in [5.41, 5.74) is 0.385. The Hall–Kier alpha value is -2.83. The smallest absolute Gasteiger partial charge is 0.274 e. The van der Waals surface area contributed by atoms with Crippen LogP contribution in [-0.4, -0.2) is 22.8 Å². The molecule has 3 aliphatic rings. The van der Waals surface area contributed by atoms with Crippen LogP contribution >= 0.6 is 0 Å². The van der Waals surface area contributed by atoms with Crippen molar-refractivity contribution in [3.63, 3.8) is 0 Å². The van der Waals surface area contributed by atoms with Crippen molar-refractivity contribution in [3.05, 3.63) is 64.1 Å². The number of nitrogens with two attached hydrogens (primary N) is 1. The summed E-state index contributed by atoms with van der Waals surface area (Å²) in [6.07, 6.45) is 1.29. The van der Waals surface area contributed by atoms with Gasteiger partial charge < -0.3 is 15.9 Å². The summed E-state index contributed by atoms with van der Waals surface area (Å²) in [4.78, 5) is 24.8. The number of aromatic nitrogens is 1. The number of pyridine rings is 1. The van der Waals surface area contributed by atoms with E-state index in [0.29, 0.717) is 0 Å². The zero-order valence-corrected chi connectivity index (χ0v) is 13.4. The molecule has 2 bridgehead atoms. The fourth-order valence-corrected chi connectivity index (χ4v) is 3.42. The third-order valence-electron chi connectivity index (χ3n) is 5.11. The van der Waals surface area contributed by atoms with Gasteiger partial charge in [0.25, 0.3) is 5.91 Å². The Morgan fingerprint density at radius 3 is 2.64 bits per heavy atom. The number of hydrogen-bond acceptors (Lipinski definition) is 4. The van der Waals surface area contributed by atoms with E-state index >= 15 is 0 Å². The molecule has 1 aromatic heterocycles. The van der Waals surface area contributed by atoms with Crippen molar-refractivity contribution in [2.24, 2.45) is 11.8 Å². The topological polar surface area (TPSA) is 86.3 Å². The molecule has 130 valence electrons. The SMILES string of the molecule is Nn1ccc(=O)c(OCc2ccccc2)c1C(=O)NC1C2CC1C2F. The van der Waals surface area contributed by atoms with Gasteiger partial charge in [-0.05, 0) is 12.0 Å². The molecule has 0 aliphatic heterocycles. The van der Waals surface area contributed by atoms with Crippen LogP contribution in [0.15, 0.2) is 47.4 Å². The van der Waals surface area contributed by atoms with Gasteiger partial charge in [0, 0.05) is 30.1 Å². The number of carbonyl (C=O) groups excluding carboxylic acids is 1. The maximum absolute atomic E-state index is 13.3. The maximum Gasteiger partial charge on any atom is 0.274 e. The summed E-state index contributed by atoms with van der Waals surface area (Å²) in [6, 6.07) is 10.4. The van der Waals surface area contributed by atoms with E-state index in [0.717, 1.165) is 16.7 Å². The van der Waals surface area contributed by atoms with E-state index in [1.54, 1.807) is 0 Å². The molecule has 3 aliphatic carbocycles. The van der Waals surface area contributed by atoms with Crippen molar-refractivity contribution < 1.29 is 13.9 Å². The molecule has 3 N–H and O–H groups in total. The summed E-state index contributed by atoms with van der Waals surface area (Å²) in [5, 5.41) is 2.77. The lowest BCUT2D eigenvalue weighted by atomic mass is 9.50. The van der Waals surface area contributed by atoms with Crippen molar-refractivity contribution in [2.75, 3.05) is 5.84 Å². The summed E-state index contributed by atoms with van der Waals surface area (Å²) >= 11 is 0. The van der Waals surface area contributed by atoms with Crippen LogP contribution in [0.2, 0.25) is 0 Å². The number of nitrogens with zero attached hydrogens (tertiary/aromatic N) is 1.